The molecule has 1 aliphatic heterocycles. The lowest BCUT2D eigenvalue weighted by atomic mass is 10.2. The minimum absolute atomic E-state index is 0.108. The van der Waals surface area contributed by atoms with E-state index in [4.69, 9.17) is 44.3 Å². The van der Waals surface area contributed by atoms with E-state index in [1.165, 1.54) is 13.2 Å². The molecule has 0 saturated carbocycles. The Hall–Kier alpha value is -2.01. The van der Waals surface area contributed by atoms with Crippen LogP contribution in [0.1, 0.15) is 11.1 Å². The largest absolute Gasteiger partial charge is 0.496 e. The normalized spacial score (nSPS) is 15.4. The molecule has 2 aromatic carbocycles. The van der Waals surface area contributed by atoms with E-state index in [1.54, 1.807) is 36.4 Å². The maximum Gasteiger partial charge on any atom is 0.363 e. The summed E-state index contributed by atoms with van der Waals surface area (Å²) < 4.78 is 10.5. The van der Waals surface area contributed by atoms with E-state index in [1.807, 2.05) is 0 Å². The van der Waals surface area contributed by atoms with E-state index in [0.29, 0.717) is 31.9 Å². The van der Waals surface area contributed by atoms with Crippen LogP contribution < -0.4 is 4.74 Å². The molecule has 0 radical (unpaired) electrons. The predicted octanol–water partition coefficient (Wildman–Crippen LogP) is 5.00. The smallest absolute Gasteiger partial charge is 0.363 e. The number of hydrogen-bond acceptors (Lipinski definition) is 4. The maximum absolute atomic E-state index is 12.1. The van der Waals surface area contributed by atoms with Gasteiger partial charge < -0.3 is 9.47 Å². The summed E-state index contributed by atoms with van der Waals surface area (Å²) >= 11 is 18.1. The second-order valence-electron chi connectivity index (χ2n) is 4.82. The molecule has 0 saturated heterocycles. The SMILES string of the molecule is COc1ccc(Cl)cc1C1=N/C(=C/c2cccc(Cl)c2Cl)C(=O)O1. The van der Waals surface area contributed by atoms with Crippen LogP contribution in [0.5, 0.6) is 5.75 Å². The van der Waals surface area contributed by atoms with Gasteiger partial charge in [-0.1, -0.05) is 46.9 Å². The summed E-state index contributed by atoms with van der Waals surface area (Å²) in [6.07, 6.45) is 1.51. The third-order valence-electron chi connectivity index (χ3n) is 3.29. The van der Waals surface area contributed by atoms with E-state index >= 15 is 0 Å². The highest BCUT2D eigenvalue weighted by Gasteiger charge is 2.26. The zero-order valence-electron chi connectivity index (χ0n) is 12.3. The lowest BCUT2D eigenvalue weighted by Crippen LogP contribution is -2.07. The van der Waals surface area contributed by atoms with E-state index in [0.717, 1.165) is 0 Å². The first-order valence-electron chi connectivity index (χ1n) is 6.80. The third-order valence-corrected chi connectivity index (χ3v) is 4.35. The lowest BCUT2D eigenvalue weighted by Gasteiger charge is -2.07. The van der Waals surface area contributed by atoms with Crippen molar-refractivity contribution in [2.24, 2.45) is 4.99 Å². The predicted molar refractivity (Wildman–Crippen MR) is 95.1 cm³/mol. The number of cyclic esters (lactones) is 1. The third kappa shape index (κ3) is 3.26. The molecule has 122 valence electrons. The fraction of sp³-hybridized carbons (Fsp3) is 0.0588. The standard InChI is InChI=1S/C17H10Cl3NO3/c1-23-14-6-5-10(18)8-11(14)16-21-13(17(22)24-16)7-9-3-2-4-12(19)15(9)20/h2-8H,1H3/b13-7+. The quantitative estimate of drug-likeness (QED) is 0.554. The van der Waals surface area contributed by atoms with Crippen LogP contribution in [0.15, 0.2) is 47.1 Å². The fourth-order valence-electron chi connectivity index (χ4n) is 2.15. The number of halogens is 3. The summed E-state index contributed by atoms with van der Waals surface area (Å²) in [5.74, 6) is 0.0137. The number of carbonyl (C=O) groups excluding carboxylic acids is 1. The van der Waals surface area contributed by atoms with Gasteiger partial charge in [0.05, 0.1) is 22.7 Å². The Morgan fingerprint density at radius 1 is 1.17 bits per heavy atom. The van der Waals surface area contributed by atoms with Gasteiger partial charge in [0, 0.05) is 5.02 Å². The fourth-order valence-corrected chi connectivity index (χ4v) is 2.69. The maximum atomic E-state index is 12.1. The van der Waals surface area contributed by atoms with Crippen LogP contribution in [0.2, 0.25) is 15.1 Å². The summed E-state index contributed by atoms with van der Waals surface area (Å²) in [5, 5.41) is 1.20. The highest BCUT2D eigenvalue weighted by molar-refractivity contribution is 6.43. The molecular weight excluding hydrogens is 373 g/mol. The van der Waals surface area contributed by atoms with Crippen molar-refractivity contribution in [3.63, 3.8) is 0 Å². The van der Waals surface area contributed by atoms with Crippen LogP contribution in [0.4, 0.5) is 0 Å². The number of aliphatic imine (C=N–C) groups is 1. The molecular formula is C17H10Cl3NO3. The van der Waals surface area contributed by atoms with E-state index in [2.05, 4.69) is 4.99 Å². The number of hydrogen-bond donors (Lipinski definition) is 0. The molecule has 0 N–H and O–H groups in total. The Kier molecular flexibility index (Phi) is 4.81. The number of methoxy groups -OCH3 is 1. The number of carbonyl (C=O) groups is 1. The van der Waals surface area contributed by atoms with Gasteiger partial charge in [-0.3, -0.25) is 0 Å². The van der Waals surface area contributed by atoms with Gasteiger partial charge >= 0.3 is 5.97 Å². The monoisotopic (exact) mass is 381 g/mol. The number of rotatable bonds is 3. The average Bonchev–Trinajstić information content (AvgIpc) is 2.92. The van der Waals surface area contributed by atoms with Crippen molar-refractivity contribution < 1.29 is 14.3 Å². The summed E-state index contributed by atoms with van der Waals surface area (Å²) in [7, 11) is 1.51. The van der Waals surface area contributed by atoms with Crippen molar-refractivity contribution in [2.45, 2.75) is 0 Å². The molecule has 0 amide bonds. The Labute approximate surface area is 153 Å². The Balaban J connectivity index is 2.04. The van der Waals surface area contributed by atoms with Gasteiger partial charge in [0.2, 0.25) is 5.90 Å². The van der Waals surface area contributed by atoms with Crippen molar-refractivity contribution in [1.29, 1.82) is 0 Å². The number of benzene rings is 2. The molecule has 0 unspecified atom stereocenters. The minimum Gasteiger partial charge on any atom is -0.496 e. The second kappa shape index (κ2) is 6.85. The summed E-state index contributed by atoms with van der Waals surface area (Å²) in [6, 6.07) is 10.1. The first-order valence-corrected chi connectivity index (χ1v) is 7.93. The first-order chi connectivity index (χ1) is 11.5. The topological polar surface area (TPSA) is 47.9 Å². The first kappa shape index (κ1) is 16.8. The lowest BCUT2D eigenvalue weighted by molar-refractivity contribution is -0.129. The van der Waals surface area contributed by atoms with Gasteiger partial charge in [-0.05, 0) is 35.9 Å². The molecule has 3 rings (SSSR count). The molecule has 7 heteroatoms. The van der Waals surface area contributed by atoms with Crippen molar-refractivity contribution in [3.05, 3.63) is 68.3 Å². The van der Waals surface area contributed by atoms with Crippen LogP contribution in [0.25, 0.3) is 6.08 Å². The molecule has 1 aliphatic rings. The zero-order valence-corrected chi connectivity index (χ0v) is 14.6. The van der Waals surface area contributed by atoms with E-state index in [-0.39, 0.29) is 11.6 Å². The highest BCUT2D eigenvalue weighted by Crippen LogP contribution is 2.30. The molecule has 0 fully saturated rings. The molecule has 2 aromatic rings. The molecule has 0 aliphatic carbocycles. The summed E-state index contributed by atoms with van der Waals surface area (Å²) in [6.45, 7) is 0. The molecule has 0 bridgehead atoms. The highest BCUT2D eigenvalue weighted by atomic mass is 35.5. The zero-order chi connectivity index (χ0) is 17.3. The van der Waals surface area contributed by atoms with Gasteiger partial charge in [0.1, 0.15) is 5.75 Å². The Morgan fingerprint density at radius 3 is 2.71 bits per heavy atom. The number of nitrogens with zero attached hydrogens (tertiary/aromatic N) is 1. The summed E-state index contributed by atoms with van der Waals surface area (Å²) in [4.78, 5) is 16.3. The van der Waals surface area contributed by atoms with Gasteiger partial charge in [-0.15, -0.1) is 0 Å². The van der Waals surface area contributed by atoms with Crippen molar-refractivity contribution in [1.82, 2.24) is 0 Å². The Morgan fingerprint density at radius 2 is 1.96 bits per heavy atom. The van der Waals surface area contributed by atoms with Crippen molar-refractivity contribution >= 4 is 52.7 Å². The summed E-state index contributed by atoms with van der Waals surface area (Å²) in [5.41, 5.74) is 1.16. The number of ether oxygens (including phenoxy) is 2. The van der Waals surface area contributed by atoms with Crippen molar-refractivity contribution in [2.75, 3.05) is 7.11 Å². The van der Waals surface area contributed by atoms with Gasteiger partial charge in [0.15, 0.2) is 5.70 Å². The molecule has 0 aromatic heterocycles. The van der Waals surface area contributed by atoms with Crippen molar-refractivity contribution in [3.8, 4) is 5.75 Å². The molecule has 1 heterocycles. The van der Waals surface area contributed by atoms with E-state index in [9.17, 15) is 4.79 Å². The molecule has 4 nitrogen and oxygen atoms in total. The van der Waals surface area contributed by atoms with Gasteiger partial charge in [-0.2, -0.15) is 0 Å². The minimum atomic E-state index is -0.594. The van der Waals surface area contributed by atoms with Crippen LogP contribution in [0, 0.1) is 0 Å². The van der Waals surface area contributed by atoms with Crippen LogP contribution in [-0.2, 0) is 9.53 Å². The average molecular weight is 383 g/mol. The van der Waals surface area contributed by atoms with Gasteiger partial charge in [0.25, 0.3) is 0 Å². The second-order valence-corrected chi connectivity index (χ2v) is 6.05. The van der Waals surface area contributed by atoms with Crippen LogP contribution in [0.3, 0.4) is 0 Å². The molecule has 0 spiro atoms. The van der Waals surface area contributed by atoms with Gasteiger partial charge in [-0.25, -0.2) is 9.79 Å². The van der Waals surface area contributed by atoms with E-state index < -0.39 is 5.97 Å². The van der Waals surface area contributed by atoms with Crippen LogP contribution in [-0.4, -0.2) is 19.0 Å². The molecule has 24 heavy (non-hydrogen) atoms. The Bertz CT molecular complexity index is 891. The van der Waals surface area contributed by atoms with Crippen LogP contribution >= 0.6 is 34.8 Å². The number of esters is 1. The molecule has 0 atom stereocenters.